The molecule has 0 amide bonds. The van der Waals surface area contributed by atoms with Crippen molar-refractivity contribution in [3.8, 4) is 0 Å². The summed E-state index contributed by atoms with van der Waals surface area (Å²) >= 11 is 0. The Balaban J connectivity index is 1.97. The van der Waals surface area contributed by atoms with Crippen LogP contribution in [0.3, 0.4) is 0 Å². The predicted molar refractivity (Wildman–Crippen MR) is 74.0 cm³/mol. The molecular formula is C16H25N. The monoisotopic (exact) mass is 231 g/mol. The Morgan fingerprint density at radius 1 is 1.18 bits per heavy atom. The van der Waals surface area contributed by atoms with E-state index in [2.05, 4.69) is 37.3 Å². The fraction of sp³-hybridized carbons (Fsp3) is 0.625. The van der Waals surface area contributed by atoms with E-state index >= 15 is 0 Å². The van der Waals surface area contributed by atoms with E-state index in [0.29, 0.717) is 12.0 Å². The van der Waals surface area contributed by atoms with Gasteiger partial charge >= 0.3 is 0 Å². The molecule has 0 heterocycles. The van der Waals surface area contributed by atoms with E-state index in [0.717, 1.165) is 12.3 Å². The highest BCUT2D eigenvalue weighted by Gasteiger charge is 2.23. The molecule has 0 aromatic heterocycles. The van der Waals surface area contributed by atoms with Crippen molar-refractivity contribution in [1.29, 1.82) is 0 Å². The maximum atomic E-state index is 6.44. The first-order valence-corrected chi connectivity index (χ1v) is 7.11. The minimum Gasteiger partial charge on any atom is -0.327 e. The fourth-order valence-corrected chi connectivity index (χ4v) is 3.28. The van der Waals surface area contributed by atoms with Crippen LogP contribution < -0.4 is 5.73 Å². The maximum Gasteiger partial charge on any atom is 0.0110 e. The van der Waals surface area contributed by atoms with Gasteiger partial charge in [0.1, 0.15) is 0 Å². The zero-order valence-electron chi connectivity index (χ0n) is 10.9. The Hall–Kier alpha value is -0.820. The third kappa shape index (κ3) is 3.32. The standard InChI is InChI=1S/C16H25N/c1-2-15(14-10-4-3-5-11-14)16(17)12-13-8-6-7-9-13/h3-5,10-11,13,15-16H,2,6-9,12,17H2,1H3. The molecule has 0 spiro atoms. The Kier molecular flexibility index (Phi) is 4.61. The lowest BCUT2D eigenvalue weighted by Crippen LogP contribution is -2.30. The Labute approximate surface area is 105 Å². The molecule has 1 fully saturated rings. The molecule has 1 aromatic carbocycles. The van der Waals surface area contributed by atoms with Gasteiger partial charge in [0, 0.05) is 6.04 Å². The molecule has 2 atom stereocenters. The normalized spacial score (nSPS) is 20.4. The quantitative estimate of drug-likeness (QED) is 0.811. The average molecular weight is 231 g/mol. The van der Waals surface area contributed by atoms with Crippen LogP contribution in [0.25, 0.3) is 0 Å². The highest BCUT2D eigenvalue weighted by molar-refractivity contribution is 5.21. The Morgan fingerprint density at radius 3 is 2.41 bits per heavy atom. The topological polar surface area (TPSA) is 26.0 Å². The predicted octanol–water partition coefficient (Wildman–Crippen LogP) is 4.09. The highest BCUT2D eigenvalue weighted by atomic mass is 14.7. The summed E-state index contributed by atoms with van der Waals surface area (Å²) in [6, 6.07) is 11.1. The molecule has 1 aromatic rings. The molecule has 1 saturated carbocycles. The minimum atomic E-state index is 0.338. The molecule has 94 valence electrons. The van der Waals surface area contributed by atoms with E-state index in [-0.39, 0.29) is 0 Å². The van der Waals surface area contributed by atoms with Crippen molar-refractivity contribution in [2.75, 3.05) is 0 Å². The van der Waals surface area contributed by atoms with Crippen LogP contribution in [0.5, 0.6) is 0 Å². The van der Waals surface area contributed by atoms with Gasteiger partial charge < -0.3 is 5.73 Å². The SMILES string of the molecule is CCC(c1ccccc1)C(N)CC1CCCC1. The van der Waals surface area contributed by atoms with Crippen LogP contribution in [0.15, 0.2) is 30.3 Å². The first kappa shape index (κ1) is 12.6. The van der Waals surface area contributed by atoms with Gasteiger partial charge in [0.05, 0.1) is 0 Å². The van der Waals surface area contributed by atoms with Crippen molar-refractivity contribution >= 4 is 0 Å². The molecule has 0 saturated heterocycles. The van der Waals surface area contributed by atoms with Gasteiger partial charge in [-0.2, -0.15) is 0 Å². The number of hydrogen-bond acceptors (Lipinski definition) is 1. The zero-order chi connectivity index (χ0) is 12.1. The molecule has 2 unspecified atom stereocenters. The van der Waals surface area contributed by atoms with Crippen molar-refractivity contribution in [2.24, 2.45) is 11.7 Å². The fourth-order valence-electron chi connectivity index (χ4n) is 3.28. The number of benzene rings is 1. The summed E-state index contributed by atoms with van der Waals surface area (Å²) in [5.41, 5.74) is 7.86. The van der Waals surface area contributed by atoms with Crippen LogP contribution in [-0.4, -0.2) is 6.04 Å². The van der Waals surface area contributed by atoms with Crippen LogP contribution in [0.4, 0.5) is 0 Å². The van der Waals surface area contributed by atoms with Crippen molar-refractivity contribution in [2.45, 2.75) is 57.4 Å². The summed E-state index contributed by atoms with van der Waals surface area (Å²) in [7, 11) is 0. The molecule has 0 bridgehead atoms. The van der Waals surface area contributed by atoms with Gasteiger partial charge in [0.15, 0.2) is 0 Å². The van der Waals surface area contributed by atoms with Crippen molar-refractivity contribution in [1.82, 2.24) is 0 Å². The first-order valence-electron chi connectivity index (χ1n) is 7.11. The zero-order valence-corrected chi connectivity index (χ0v) is 10.9. The van der Waals surface area contributed by atoms with Crippen LogP contribution in [0.2, 0.25) is 0 Å². The van der Waals surface area contributed by atoms with E-state index in [1.165, 1.54) is 37.7 Å². The lowest BCUT2D eigenvalue weighted by Gasteiger charge is -2.25. The third-order valence-electron chi connectivity index (χ3n) is 4.26. The van der Waals surface area contributed by atoms with E-state index in [4.69, 9.17) is 5.73 Å². The number of hydrogen-bond donors (Lipinski definition) is 1. The Bertz CT molecular complexity index is 314. The molecular weight excluding hydrogens is 206 g/mol. The summed E-state index contributed by atoms with van der Waals surface area (Å²) in [5.74, 6) is 1.43. The summed E-state index contributed by atoms with van der Waals surface area (Å²) in [4.78, 5) is 0. The minimum absolute atomic E-state index is 0.338. The van der Waals surface area contributed by atoms with Gasteiger partial charge in [-0.3, -0.25) is 0 Å². The largest absolute Gasteiger partial charge is 0.327 e. The van der Waals surface area contributed by atoms with Crippen molar-refractivity contribution in [3.63, 3.8) is 0 Å². The molecule has 0 radical (unpaired) electrons. The summed E-state index contributed by atoms with van der Waals surface area (Å²) < 4.78 is 0. The lowest BCUT2D eigenvalue weighted by atomic mass is 9.84. The summed E-state index contributed by atoms with van der Waals surface area (Å²) in [6.07, 6.45) is 8.00. The van der Waals surface area contributed by atoms with Crippen molar-refractivity contribution < 1.29 is 0 Å². The second kappa shape index (κ2) is 6.20. The van der Waals surface area contributed by atoms with Gasteiger partial charge in [0.25, 0.3) is 0 Å². The molecule has 1 aliphatic rings. The van der Waals surface area contributed by atoms with Crippen LogP contribution in [0, 0.1) is 5.92 Å². The van der Waals surface area contributed by atoms with Gasteiger partial charge in [-0.15, -0.1) is 0 Å². The molecule has 2 rings (SSSR count). The molecule has 1 nitrogen and oxygen atoms in total. The Morgan fingerprint density at radius 2 is 1.82 bits per heavy atom. The van der Waals surface area contributed by atoms with E-state index in [1.807, 2.05) is 0 Å². The number of rotatable bonds is 5. The third-order valence-corrected chi connectivity index (χ3v) is 4.26. The first-order chi connectivity index (χ1) is 8.31. The molecule has 2 N–H and O–H groups in total. The van der Waals surface area contributed by atoms with Gasteiger partial charge in [-0.1, -0.05) is 62.9 Å². The van der Waals surface area contributed by atoms with Gasteiger partial charge in [0.2, 0.25) is 0 Å². The highest BCUT2D eigenvalue weighted by Crippen LogP contribution is 2.32. The van der Waals surface area contributed by atoms with E-state index in [9.17, 15) is 0 Å². The lowest BCUT2D eigenvalue weighted by molar-refractivity contribution is 0.393. The molecule has 0 aliphatic heterocycles. The van der Waals surface area contributed by atoms with Crippen LogP contribution in [0.1, 0.15) is 56.9 Å². The van der Waals surface area contributed by atoms with Crippen LogP contribution >= 0.6 is 0 Å². The van der Waals surface area contributed by atoms with Gasteiger partial charge in [-0.25, -0.2) is 0 Å². The van der Waals surface area contributed by atoms with E-state index < -0.39 is 0 Å². The molecule has 1 aliphatic carbocycles. The second-order valence-corrected chi connectivity index (χ2v) is 5.48. The summed E-state index contributed by atoms with van der Waals surface area (Å²) in [6.45, 7) is 2.26. The van der Waals surface area contributed by atoms with Crippen molar-refractivity contribution in [3.05, 3.63) is 35.9 Å². The number of nitrogens with two attached hydrogens (primary N) is 1. The smallest absolute Gasteiger partial charge is 0.0110 e. The molecule has 17 heavy (non-hydrogen) atoms. The van der Waals surface area contributed by atoms with Crippen LogP contribution in [-0.2, 0) is 0 Å². The maximum absolute atomic E-state index is 6.44. The van der Waals surface area contributed by atoms with Gasteiger partial charge in [-0.05, 0) is 30.2 Å². The average Bonchev–Trinajstić information content (AvgIpc) is 2.84. The second-order valence-electron chi connectivity index (χ2n) is 5.48. The van der Waals surface area contributed by atoms with E-state index in [1.54, 1.807) is 0 Å². The summed E-state index contributed by atoms with van der Waals surface area (Å²) in [5, 5.41) is 0. The molecule has 1 heteroatoms.